The number of ketones is 2. The average Bonchev–Trinajstić information content (AvgIpc) is 2.81. The fraction of sp³-hybridized carbons (Fsp3) is 0.727. The van der Waals surface area contributed by atoms with Gasteiger partial charge in [0.2, 0.25) is 0 Å². The van der Waals surface area contributed by atoms with E-state index in [0.29, 0.717) is 12.8 Å². The standard InChI is InChI=1S/C22H30O4/c1-12-9-15-16-6-8-22(26,13(2)23)21(16,4)11-18(25)19(15)20(3)7-5-14(24)10-17(12)20/h5,7,10,12,15-16,18-19,25-26H,6,8-9,11H2,1-4H3/t12-,15-,16-,18-,19+,20-,21-,22+/m0/s1. The van der Waals surface area contributed by atoms with E-state index in [4.69, 9.17) is 0 Å². The molecule has 4 aliphatic rings. The smallest absolute Gasteiger partial charge is 0.178 e. The van der Waals surface area contributed by atoms with Gasteiger partial charge in [-0.25, -0.2) is 0 Å². The minimum absolute atomic E-state index is 0.0293. The minimum atomic E-state index is -1.33. The lowest BCUT2D eigenvalue weighted by molar-refractivity contribution is -0.176. The average molecular weight is 358 g/mol. The van der Waals surface area contributed by atoms with Crippen LogP contribution in [0.1, 0.15) is 53.4 Å². The summed E-state index contributed by atoms with van der Waals surface area (Å²) >= 11 is 0. The van der Waals surface area contributed by atoms with Gasteiger partial charge in [-0.05, 0) is 62.5 Å². The summed E-state index contributed by atoms with van der Waals surface area (Å²) in [5, 5.41) is 22.4. The zero-order chi connectivity index (χ0) is 19.1. The fourth-order valence-corrected chi connectivity index (χ4v) is 7.33. The van der Waals surface area contributed by atoms with E-state index in [1.807, 2.05) is 13.0 Å². The highest BCUT2D eigenvalue weighted by molar-refractivity contribution is 6.01. The summed E-state index contributed by atoms with van der Waals surface area (Å²) in [7, 11) is 0. The van der Waals surface area contributed by atoms with Gasteiger partial charge in [0.15, 0.2) is 11.6 Å². The molecule has 26 heavy (non-hydrogen) atoms. The molecule has 4 heteroatoms. The van der Waals surface area contributed by atoms with Crippen molar-refractivity contribution in [3.8, 4) is 0 Å². The number of carbonyl (C=O) groups excluding carboxylic acids is 2. The van der Waals surface area contributed by atoms with Gasteiger partial charge in [0, 0.05) is 16.7 Å². The van der Waals surface area contributed by atoms with Crippen LogP contribution in [0, 0.1) is 34.5 Å². The van der Waals surface area contributed by atoms with Crippen molar-refractivity contribution in [3.63, 3.8) is 0 Å². The van der Waals surface area contributed by atoms with Crippen LogP contribution in [0.5, 0.6) is 0 Å². The second kappa shape index (κ2) is 5.39. The number of aliphatic hydroxyl groups is 2. The Bertz CT molecular complexity index is 736. The van der Waals surface area contributed by atoms with Gasteiger partial charge >= 0.3 is 0 Å². The van der Waals surface area contributed by atoms with Gasteiger partial charge in [-0.15, -0.1) is 0 Å². The molecule has 4 rings (SSSR count). The summed E-state index contributed by atoms with van der Waals surface area (Å²) in [6, 6.07) is 0. The molecule has 0 spiro atoms. The van der Waals surface area contributed by atoms with Crippen molar-refractivity contribution in [2.24, 2.45) is 34.5 Å². The van der Waals surface area contributed by atoms with Crippen LogP contribution in [-0.4, -0.2) is 33.5 Å². The van der Waals surface area contributed by atoms with E-state index in [2.05, 4.69) is 13.8 Å². The number of aliphatic hydroxyl groups excluding tert-OH is 1. The van der Waals surface area contributed by atoms with Crippen molar-refractivity contribution in [1.82, 2.24) is 0 Å². The number of allylic oxidation sites excluding steroid dienone is 4. The predicted octanol–water partition coefficient (Wildman–Crippen LogP) is 2.83. The first-order chi connectivity index (χ1) is 12.0. The summed E-state index contributed by atoms with van der Waals surface area (Å²) in [6.07, 6.45) is 7.46. The van der Waals surface area contributed by atoms with Gasteiger partial charge in [-0.2, -0.15) is 0 Å². The Morgan fingerprint density at radius 3 is 2.65 bits per heavy atom. The van der Waals surface area contributed by atoms with Gasteiger partial charge in [-0.1, -0.05) is 32.4 Å². The van der Waals surface area contributed by atoms with Crippen LogP contribution < -0.4 is 0 Å². The largest absolute Gasteiger partial charge is 0.393 e. The minimum Gasteiger partial charge on any atom is -0.393 e. The molecule has 142 valence electrons. The molecule has 0 bridgehead atoms. The van der Waals surface area contributed by atoms with Crippen molar-refractivity contribution >= 4 is 11.6 Å². The van der Waals surface area contributed by atoms with Crippen LogP contribution in [0.4, 0.5) is 0 Å². The van der Waals surface area contributed by atoms with Crippen LogP contribution in [0.15, 0.2) is 23.8 Å². The van der Waals surface area contributed by atoms with Crippen molar-refractivity contribution in [2.75, 3.05) is 0 Å². The first kappa shape index (κ1) is 18.1. The molecular weight excluding hydrogens is 328 g/mol. The molecule has 4 nitrogen and oxygen atoms in total. The summed E-state index contributed by atoms with van der Waals surface area (Å²) in [5.74, 6) is 0.609. The third-order valence-corrected chi connectivity index (χ3v) is 8.55. The van der Waals surface area contributed by atoms with Crippen molar-refractivity contribution in [2.45, 2.75) is 65.1 Å². The first-order valence-electron chi connectivity index (χ1n) is 9.91. The lowest BCUT2D eigenvalue weighted by Gasteiger charge is -2.60. The molecule has 0 aromatic carbocycles. The molecule has 0 radical (unpaired) electrons. The Kier molecular flexibility index (Phi) is 3.75. The van der Waals surface area contributed by atoms with Crippen molar-refractivity contribution in [1.29, 1.82) is 0 Å². The van der Waals surface area contributed by atoms with E-state index >= 15 is 0 Å². The van der Waals surface area contributed by atoms with E-state index in [-0.39, 0.29) is 40.7 Å². The zero-order valence-corrected chi connectivity index (χ0v) is 16.2. The van der Waals surface area contributed by atoms with E-state index in [0.717, 1.165) is 18.4 Å². The monoisotopic (exact) mass is 358 g/mol. The number of Topliss-reactive ketones (excluding diaryl/α,β-unsaturated/α-hetero) is 1. The quantitative estimate of drug-likeness (QED) is 0.756. The molecule has 3 saturated carbocycles. The maximum Gasteiger partial charge on any atom is 0.178 e. The Morgan fingerprint density at radius 1 is 1.31 bits per heavy atom. The molecule has 0 unspecified atom stereocenters. The Morgan fingerprint density at radius 2 is 2.00 bits per heavy atom. The third-order valence-electron chi connectivity index (χ3n) is 8.55. The summed E-state index contributed by atoms with van der Waals surface area (Å²) in [4.78, 5) is 24.2. The number of hydrogen-bond acceptors (Lipinski definition) is 4. The molecule has 0 aliphatic heterocycles. The topological polar surface area (TPSA) is 74.6 Å². The van der Waals surface area contributed by atoms with Gasteiger partial charge in [-0.3, -0.25) is 9.59 Å². The normalized spacial score (nSPS) is 52.8. The summed E-state index contributed by atoms with van der Waals surface area (Å²) in [5.41, 5.74) is -1.10. The summed E-state index contributed by atoms with van der Waals surface area (Å²) in [6.45, 7) is 7.79. The molecular formula is C22H30O4. The Hall–Kier alpha value is -1.26. The van der Waals surface area contributed by atoms with Gasteiger partial charge in [0.25, 0.3) is 0 Å². The summed E-state index contributed by atoms with van der Waals surface area (Å²) < 4.78 is 0. The molecule has 0 saturated heterocycles. The Labute approximate surface area is 155 Å². The van der Waals surface area contributed by atoms with Gasteiger partial charge in [0.1, 0.15) is 5.60 Å². The van der Waals surface area contributed by atoms with E-state index < -0.39 is 17.1 Å². The molecule has 0 aromatic rings. The van der Waals surface area contributed by atoms with Crippen LogP contribution >= 0.6 is 0 Å². The number of fused-ring (bicyclic) bond motifs is 5. The van der Waals surface area contributed by atoms with E-state index in [9.17, 15) is 19.8 Å². The lowest BCUT2D eigenvalue weighted by Crippen LogP contribution is -2.61. The number of hydrogen-bond donors (Lipinski definition) is 2. The maximum absolute atomic E-state index is 12.3. The molecule has 0 amide bonds. The van der Waals surface area contributed by atoms with E-state index in [1.165, 1.54) is 6.92 Å². The first-order valence-corrected chi connectivity index (χ1v) is 9.91. The van der Waals surface area contributed by atoms with Gasteiger partial charge < -0.3 is 10.2 Å². The highest BCUT2D eigenvalue weighted by atomic mass is 16.3. The molecule has 0 heterocycles. The predicted molar refractivity (Wildman–Crippen MR) is 98.2 cm³/mol. The number of rotatable bonds is 1. The molecule has 8 atom stereocenters. The SMILES string of the molecule is CC(=O)[C@]1(O)CC[C@H]2[C@@H]3C[C@H](C)C4=CC(=O)C=C[C@]4(C)[C@H]3[C@@H](O)C[C@@]21C. The Balaban J connectivity index is 1.80. The lowest BCUT2D eigenvalue weighted by atomic mass is 9.45. The van der Waals surface area contributed by atoms with Crippen LogP contribution in [0.25, 0.3) is 0 Å². The van der Waals surface area contributed by atoms with Crippen LogP contribution in [0.2, 0.25) is 0 Å². The maximum atomic E-state index is 12.3. The molecule has 0 aromatic heterocycles. The van der Waals surface area contributed by atoms with Crippen LogP contribution in [-0.2, 0) is 9.59 Å². The number of carbonyl (C=O) groups is 2. The fourth-order valence-electron chi connectivity index (χ4n) is 7.33. The highest BCUT2D eigenvalue weighted by Gasteiger charge is 2.68. The molecule has 3 fully saturated rings. The zero-order valence-electron chi connectivity index (χ0n) is 16.2. The van der Waals surface area contributed by atoms with Gasteiger partial charge in [0.05, 0.1) is 6.10 Å². The highest BCUT2D eigenvalue weighted by Crippen LogP contribution is 2.67. The van der Waals surface area contributed by atoms with Crippen LogP contribution in [0.3, 0.4) is 0 Å². The van der Waals surface area contributed by atoms with E-state index in [1.54, 1.807) is 12.2 Å². The molecule has 4 aliphatic carbocycles. The second-order valence-corrected chi connectivity index (χ2v) is 9.70. The third kappa shape index (κ3) is 2.03. The second-order valence-electron chi connectivity index (χ2n) is 9.70. The van der Waals surface area contributed by atoms with Crippen molar-refractivity contribution < 1.29 is 19.8 Å². The molecule has 2 N–H and O–H groups in total. The van der Waals surface area contributed by atoms with Crippen molar-refractivity contribution in [3.05, 3.63) is 23.8 Å².